The van der Waals surface area contributed by atoms with E-state index in [-0.39, 0.29) is 28.2 Å². The van der Waals surface area contributed by atoms with Gasteiger partial charge in [-0.05, 0) is 145 Å². The number of aryl methyl sites for hydroxylation is 1. The van der Waals surface area contributed by atoms with Gasteiger partial charge in [-0.3, -0.25) is 9.55 Å². The third kappa shape index (κ3) is 9.25. The monoisotopic (exact) mass is 933 g/mol. The molecule has 0 amide bonds. The molecule has 4 heteroatoms. The summed E-state index contributed by atoms with van der Waals surface area (Å²) in [7, 11) is 0. The average molecular weight is 933 g/mol. The highest BCUT2D eigenvalue weighted by Gasteiger charge is 2.30. The summed E-state index contributed by atoms with van der Waals surface area (Å²) >= 11 is 0. The second-order valence-corrected chi connectivity index (χ2v) is 22.4. The van der Waals surface area contributed by atoms with Crippen LogP contribution >= 0.6 is 0 Å². The van der Waals surface area contributed by atoms with Gasteiger partial charge in [0.2, 0.25) is 0 Å². The van der Waals surface area contributed by atoms with Crippen molar-refractivity contribution in [3.05, 3.63) is 191 Å². The Hall–Kier alpha value is -7.04. The van der Waals surface area contributed by atoms with Crippen molar-refractivity contribution in [2.24, 2.45) is 0 Å². The zero-order valence-corrected chi connectivity index (χ0v) is 42.3. The fourth-order valence-corrected chi connectivity index (χ4v) is 9.17. The largest absolute Gasteiger partial charge is 0.507 e. The quantitative estimate of drug-likeness (QED) is 0.173. The van der Waals surface area contributed by atoms with E-state index in [0.717, 1.165) is 33.4 Å². The van der Waals surface area contributed by atoms with Crippen LogP contribution in [0.15, 0.2) is 158 Å². The maximum Gasteiger partial charge on any atom is 0.149 e. The molecule has 0 aliphatic heterocycles. The molecule has 0 atom stereocenters. The van der Waals surface area contributed by atoms with Crippen molar-refractivity contribution in [3.8, 4) is 78.6 Å². The lowest BCUT2D eigenvalue weighted by Gasteiger charge is -2.28. The van der Waals surface area contributed by atoms with E-state index in [2.05, 4.69) is 58.7 Å². The SMILES string of the molecule is [2H]c1nc(-c2cc(-c3cccc4c3nc(-c3cc(C(C)(C)C)cc(C(C)(C)C)c3O)n4-c3ccc(-c4c(-c5ccccc5)cccc4C(C)(C)C)cc3C([2H])([2H])[2H])cc(C(C)(C)C)c2)c([2H])c(-c2c([2H])c([2H])c(C([2H])([2H])[2H])c([2H])c2[2H])c1[2H]. The topological polar surface area (TPSA) is 50.9 Å². The summed E-state index contributed by atoms with van der Waals surface area (Å²) in [5.41, 5.74) is 6.41. The van der Waals surface area contributed by atoms with Crippen LogP contribution in [0.3, 0.4) is 0 Å². The standard InChI is InChI=1S/C66H69N3O/c1-41-26-28-43(29-27-41)45-32-33-67-56(38-45)48-35-47(36-49(37-48)63(3,4)5)52-23-19-25-58-60(52)68-62(53-39-50(64(6,7)8)40-55(61(53)70)66(12,13)14)69(58)57-31-30-46(34-42(57)2)59-51(44-20-16-15-17-21-44)22-18-24-54(59)65(9,10)11/h15-40,70H,1-14H3/i1D3,2D3,26D,27D,28D,29D,32D,33D,38D. The number of nitrogens with zero attached hydrogens (tertiary/aromatic N) is 3. The van der Waals surface area contributed by atoms with E-state index in [1.54, 1.807) is 12.1 Å². The molecular weight excluding hydrogens is 851 g/mol. The van der Waals surface area contributed by atoms with Crippen LogP contribution in [-0.2, 0) is 21.7 Å². The summed E-state index contributed by atoms with van der Waals surface area (Å²) in [6.07, 6.45) is -0.614. The number of aromatic nitrogens is 3. The van der Waals surface area contributed by atoms with Crippen molar-refractivity contribution >= 4 is 11.0 Å². The van der Waals surface area contributed by atoms with Crippen molar-refractivity contribution in [3.63, 3.8) is 0 Å². The molecule has 354 valence electrons. The summed E-state index contributed by atoms with van der Waals surface area (Å²) < 4.78 is 116. The Morgan fingerprint density at radius 1 is 0.514 bits per heavy atom. The molecule has 0 aliphatic carbocycles. The van der Waals surface area contributed by atoms with Gasteiger partial charge in [0.25, 0.3) is 0 Å². The van der Waals surface area contributed by atoms with Gasteiger partial charge in [-0.2, -0.15) is 0 Å². The lowest BCUT2D eigenvalue weighted by molar-refractivity contribution is 0.446. The molecule has 0 spiro atoms. The minimum Gasteiger partial charge on any atom is -0.507 e. The van der Waals surface area contributed by atoms with Crippen molar-refractivity contribution < 1.29 is 22.9 Å². The number of hydrogen-bond acceptors (Lipinski definition) is 3. The van der Waals surface area contributed by atoms with Crippen LogP contribution in [-0.4, -0.2) is 19.6 Å². The van der Waals surface area contributed by atoms with Crippen molar-refractivity contribution in [1.82, 2.24) is 14.5 Å². The normalized spacial score (nSPS) is 15.5. The van der Waals surface area contributed by atoms with E-state index in [1.165, 1.54) is 0 Å². The zero-order chi connectivity index (χ0) is 61.2. The number of phenols is 1. The van der Waals surface area contributed by atoms with Crippen molar-refractivity contribution in [2.75, 3.05) is 0 Å². The van der Waals surface area contributed by atoms with Crippen LogP contribution in [0.25, 0.3) is 83.9 Å². The Kier molecular flexibility index (Phi) is 8.68. The molecule has 7 aromatic carbocycles. The highest BCUT2D eigenvalue weighted by molar-refractivity contribution is 5.97. The molecule has 0 saturated heterocycles. The van der Waals surface area contributed by atoms with Gasteiger partial charge in [-0.15, -0.1) is 0 Å². The molecule has 0 radical (unpaired) electrons. The van der Waals surface area contributed by atoms with Crippen molar-refractivity contribution in [1.29, 1.82) is 0 Å². The summed E-state index contributed by atoms with van der Waals surface area (Å²) in [5, 5.41) is 12.7. The summed E-state index contributed by atoms with van der Waals surface area (Å²) in [6.45, 7) is 19.1. The van der Waals surface area contributed by atoms with Crippen LogP contribution in [0, 0.1) is 13.7 Å². The van der Waals surface area contributed by atoms with Gasteiger partial charge in [-0.25, -0.2) is 4.98 Å². The maximum absolute atomic E-state index is 12.7. The minimum absolute atomic E-state index is 0.0111. The van der Waals surface area contributed by atoms with E-state index in [0.29, 0.717) is 50.1 Å². The number of phenolic OH excluding ortho intramolecular Hbond substituents is 1. The Morgan fingerprint density at radius 3 is 1.86 bits per heavy atom. The summed E-state index contributed by atoms with van der Waals surface area (Å²) in [4.78, 5) is 9.95. The molecule has 70 heavy (non-hydrogen) atoms. The van der Waals surface area contributed by atoms with Crippen molar-refractivity contribution in [2.45, 2.75) is 118 Å². The van der Waals surface area contributed by atoms with E-state index in [1.807, 2.05) is 137 Å². The second-order valence-electron chi connectivity index (χ2n) is 22.4. The first-order valence-corrected chi connectivity index (χ1v) is 23.8. The molecule has 9 rings (SSSR count). The van der Waals surface area contributed by atoms with Crippen LogP contribution in [0.1, 0.15) is 134 Å². The smallest absolute Gasteiger partial charge is 0.149 e. The highest BCUT2D eigenvalue weighted by Crippen LogP contribution is 2.47. The van der Waals surface area contributed by atoms with Gasteiger partial charge >= 0.3 is 0 Å². The van der Waals surface area contributed by atoms with Gasteiger partial charge in [0, 0.05) is 31.1 Å². The van der Waals surface area contributed by atoms with Crippen LogP contribution in [0.5, 0.6) is 5.75 Å². The van der Waals surface area contributed by atoms with Crippen LogP contribution < -0.4 is 0 Å². The molecule has 0 unspecified atom stereocenters. The number of rotatable bonds is 7. The lowest BCUT2D eigenvalue weighted by Crippen LogP contribution is -2.17. The van der Waals surface area contributed by atoms with Gasteiger partial charge < -0.3 is 5.11 Å². The molecule has 0 fully saturated rings. The lowest BCUT2D eigenvalue weighted by atomic mass is 9.78. The zero-order valence-electron chi connectivity index (χ0n) is 55.3. The Labute approximate surface area is 435 Å². The molecular formula is C66H69N3O. The third-order valence-corrected chi connectivity index (χ3v) is 13.0. The maximum atomic E-state index is 12.7. The highest BCUT2D eigenvalue weighted by atomic mass is 16.3. The Balaban J connectivity index is 1.38. The van der Waals surface area contributed by atoms with E-state index in [9.17, 15) is 10.6 Å². The molecule has 4 nitrogen and oxygen atoms in total. The Morgan fingerprint density at radius 2 is 1.19 bits per heavy atom. The number of hydrogen-bond donors (Lipinski definition) is 1. The van der Waals surface area contributed by atoms with Crippen LogP contribution in [0.4, 0.5) is 0 Å². The first kappa shape index (κ1) is 34.3. The number of pyridine rings is 1. The molecule has 0 saturated carbocycles. The second kappa shape index (κ2) is 17.7. The molecule has 0 bridgehead atoms. The number of para-hydroxylation sites is 1. The van der Waals surface area contributed by atoms with Gasteiger partial charge in [0.1, 0.15) is 11.6 Å². The Bertz CT molecular complexity index is 4040. The number of aromatic hydroxyl groups is 1. The number of fused-ring (bicyclic) bond motifs is 1. The molecule has 2 heterocycles. The first-order valence-electron chi connectivity index (χ1n) is 30.3. The predicted octanol–water partition coefficient (Wildman–Crippen LogP) is 17.9. The van der Waals surface area contributed by atoms with Gasteiger partial charge in [-0.1, -0.05) is 192 Å². The number of imidazole rings is 1. The molecule has 2 aromatic heterocycles. The average Bonchev–Trinajstić information content (AvgIpc) is 2.07. The van der Waals surface area contributed by atoms with E-state index in [4.69, 9.17) is 17.3 Å². The van der Waals surface area contributed by atoms with Gasteiger partial charge in [0.05, 0.1) is 37.6 Å². The molecule has 9 aromatic rings. The number of benzene rings is 7. The molecule has 1 N–H and O–H groups in total. The van der Waals surface area contributed by atoms with Gasteiger partial charge in [0.15, 0.2) is 0 Å². The third-order valence-electron chi connectivity index (χ3n) is 13.0. The first-order chi connectivity index (χ1) is 38.3. The fourth-order valence-electron chi connectivity index (χ4n) is 9.17. The molecule has 0 aliphatic rings. The minimum atomic E-state index is -3.00. The van der Waals surface area contributed by atoms with Crippen LogP contribution in [0.2, 0.25) is 0 Å². The summed E-state index contributed by atoms with van der Waals surface area (Å²) in [6, 6.07) is 32.5. The summed E-state index contributed by atoms with van der Waals surface area (Å²) in [5.74, 6) is 0.268. The van der Waals surface area contributed by atoms with E-state index >= 15 is 0 Å². The predicted molar refractivity (Wildman–Crippen MR) is 297 cm³/mol. The van der Waals surface area contributed by atoms with E-state index < -0.39 is 89.1 Å². The fraction of sp³-hybridized carbons (Fsp3) is 0.273.